The second-order valence-electron chi connectivity index (χ2n) is 3.74. The minimum Gasteiger partial charge on any atom is -0.454 e. The summed E-state index contributed by atoms with van der Waals surface area (Å²) in [6.07, 6.45) is 0. The molecule has 2 heterocycles. The first-order valence-electron chi connectivity index (χ1n) is 5.04. The van der Waals surface area contributed by atoms with Gasteiger partial charge < -0.3 is 19.8 Å². The molecular weight excluding hydrogens is 286 g/mol. The molecular formula is C11H10BrN3O2. The van der Waals surface area contributed by atoms with Crippen LogP contribution in [0.25, 0.3) is 11.3 Å². The topological polar surface area (TPSA) is 62.3 Å². The van der Waals surface area contributed by atoms with E-state index >= 15 is 0 Å². The van der Waals surface area contributed by atoms with Gasteiger partial charge in [0, 0.05) is 12.6 Å². The fourth-order valence-electron chi connectivity index (χ4n) is 1.84. The number of rotatable bonds is 1. The molecule has 0 unspecified atom stereocenters. The summed E-state index contributed by atoms with van der Waals surface area (Å²) in [5.41, 5.74) is 7.65. The number of ether oxygens (including phenoxy) is 2. The van der Waals surface area contributed by atoms with E-state index in [-0.39, 0.29) is 6.79 Å². The molecule has 1 aliphatic rings. The van der Waals surface area contributed by atoms with Crippen molar-refractivity contribution in [1.29, 1.82) is 0 Å². The zero-order chi connectivity index (χ0) is 12.0. The summed E-state index contributed by atoms with van der Waals surface area (Å²) in [5.74, 6) is 1.97. The molecule has 0 aliphatic carbocycles. The van der Waals surface area contributed by atoms with Crippen molar-refractivity contribution in [2.24, 2.45) is 7.05 Å². The third-order valence-corrected chi connectivity index (χ3v) is 3.29. The SMILES string of the molecule is Cn1c(N)nc(Br)c1-c1ccc2c(c1)OCO2. The molecule has 2 N–H and O–H groups in total. The molecule has 88 valence electrons. The van der Waals surface area contributed by atoms with Crippen molar-refractivity contribution in [3.05, 3.63) is 22.8 Å². The highest BCUT2D eigenvalue weighted by atomic mass is 79.9. The first kappa shape index (κ1) is 10.5. The van der Waals surface area contributed by atoms with Gasteiger partial charge in [0.1, 0.15) is 4.60 Å². The predicted molar refractivity (Wildman–Crippen MR) is 66.9 cm³/mol. The number of fused-ring (bicyclic) bond motifs is 1. The van der Waals surface area contributed by atoms with Gasteiger partial charge >= 0.3 is 0 Å². The Kier molecular flexibility index (Phi) is 2.25. The molecule has 2 aromatic rings. The van der Waals surface area contributed by atoms with Gasteiger partial charge in [0.2, 0.25) is 12.7 Å². The molecule has 3 rings (SSSR count). The molecule has 1 aromatic carbocycles. The van der Waals surface area contributed by atoms with Gasteiger partial charge in [-0.05, 0) is 34.1 Å². The maximum Gasteiger partial charge on any atom is 0.231 e. The van der Waals surface area contributed by atoms with Crippen LogP contribution < -0.4 is 15.2 Å². The highest BCUT2D eigenvalue weighted by molar-refractivity contribution is 9.10. The van der Waals surface area contributed by atoms with E-state index in [9.17, 15) is 0 Å². The van der Waals surface area contributed by atoms with Gasteiger partial charge in [-0.3, -0.25) is 0 Å². The molecule has 1 aromatic heterocycles. The maximum atomic E-state index is 5.76. The van der Waals surface area contributed by atoms with Crippen molar-refractivity contribution < 1.29 is 9.47 Å². The van der Waals surface area contributed by atoms with E-state index < -0.39 is 0 Å². The van der Waals surface area contributed by atoms with Crippen LogP contribution in [0.1, 0.15) is 0 Å². The molecule has 1 aliphatic heterocycles. The number of nitrogens with zero attached hydrogens (tertiary/aromatic N) is 2. The van der Waals surface area contributed by atoms with Crippen LogP contribution in [0.2, 0.25) is 0 Å². The second kappa shape index (κ2) is 3.66. The van der Waals surface area contributed by atoms with Gasteiger partial charge in [-0.2, -0.15) is 0 Å². The molecule has 6 heteroatoms. The zero-order valence-corrected chi connectivity index (χ0v) is 10.7. The van der Waals surface area contributed by atoms with E-state index in [0.717, 1.165) is 27.4 Å². The number of halogens is 1. The van der Waals surface area contributed by atoms with Gasteiger partial charge in [-0.25, -0.2) is 4.98 Å². The minimum atomic E-state index is 0.271. The Morgan fingerprint density at radius 2 is 2.12 bits per heavy atom. The van der Waals surface area contributed by atoms with E-state index in [1.165, 1.54) is 0 Å². The van der Waals surface area contributed by atoms with Crippen LogP contribution in [-0.2, 0) is 7.05 Å². The molecule has 17 heavy (non-hydrogen) atoms. The molecule has 0 amide bonds. The third-order valence-electron chi connectivity index (χ3n) is 2.73. The summed E-state index contributed by atoms with van der Waals surface area (Å²) in [5, 5.41) is 0. The number of anilines is 1. The smallest absolute Gasteiger partial charge is 0.231 e. The number of aromatic nitrogens is 2. The van der Waals surface area contributed by atoms with Crippen LogP contribution >= 0.6 is 15.9 Å². The predicted octanol–water partition coefficient (Wildman–Crippen LogP) is 2.16. The Hall–Kier alpha value is -1.69. The number of hydrogen-bond acceptors (Lipinski definition) is 4. The van der Waals surface area contributed by atoms with E-state index in [4.69, 9.17) is 15.2 Å². The summed E-state index contributed by atoms with van der Waals surface area (Å²) in [7, 11) is 1.87. The number of nitrogen functional groups attached to an aromatic ring is 1. The number of imidazole rings is 1. The van der Waals surface area contributed by atoms with E-state index in [1.54, 1.807) is 0 Å². The van der Waals surface area contributed by atoms with E-state index in [0.29, 0.717) is 5.95 Å². The lowest BCUT2D eigenvalue weighted by Crippen LogP contribution is -1.98. The monoisotopic (exact) mass is 295 g/mol. The highest BCUT2D eigenvalue weighted by Crippen LogP contribution is 2.38. The average Bonchev–Trinajstić information content (AvgIpc) is 2.84. The highest BCUT2D eigenvalue weighted by Gasteiger charge is 2.18. The zero-order valence-electron chi connectivity index (χ0n) is 9.11. The van der Waals surface area contributed by atoms with Gasteiger partial charge in [0.05, 0.1) is 5.69 Å². The quantitative estimate of drug-likeness (QED) is 0.876. The van der Waals surface area contributed by atoms with Crippen LogP contribution in [-0.4, -0.2) is 16.3 Å². The first-order valence-corrected chi connectivity index (χ1v) is 5.84. The fourth-order valence-corrected chi connectivity index (χ4v) is 2.51. The van der Waals surface area contributed by atoms with Crippen LogP contribution in [0, 0.1) is 0 Å². The van der Waals surface area contributed by atoms with Crippen LogP contribution in [0.3, 0.4) is 0 Å². The Morgan fingerprint density at radius 1 is 1.35 bits per heavy atom. The fraction of sp³-hybridized carbons (Fsp3) is 0.182. The van der Waals surface area contributed by atoms with Crippen molar-refractivity contribution in [2.45, 2.75) is 0 Å². The van der Waals surface area contributed by atoms with Crippen molar-refractivity contribution in [2.75, 3.05) is 12.5 Å². The minimum absolute atomic E-state index is 0.271. The van der Waals surface area contributed by atoms with Gasteiger partial charge in [0.25, 0.3) is 0 Å². The van der Waals surface area contributed by atoms with Crippen molar-refractivity contribution >= 4 is 21.9 Å². The number of hydrogen-bond donors (Lipinski definition) is 1. The normalized spacial score (nSPS) is 13.1. The van der Waals surface area contributed by atoms with Gasteiger partial charge in [-0.1, -0.05) is 0 Å². The maximum absolute atomic E-state index is 5.76. The molecule has 0 fully saturated rings. The summed E-state index contributed by atoms with van der Waals surface area (Å²) in [6, 6.07) is 5.76. The lowest BCUT2D eigenvalue weighted by molar-refractivity contribution is 0.174. The number of nitrogens with two attached hydrogens (primary N) is 1. The van der Waals surface area contributed by atoms with Crippen molar-refractivity contribution in [3.63, 3.8) is 0 Å². The molecule has 0 saturated carbocycles. The van der Waals surface area contributed by atoms with Crippen molar-refractivity contribution in [3.8, 4) is 22.8 Å². The summed E-state index contributed by atoms with van der Waals surface area (Å²) >= 11 is 3.40. The van der Waals surface area contributed by atoms with E-state index in [1.807, 2.05) is 29.8 Å². The Bertz CT molecular complexity index is 595. The lowest BCUT2D eigenvalue weighted by Gasteiger charge is -2.05. The molecule has 5 nitrogen and oxygen atoms in total. The summed E-state index contributed by atoms with van der Waals surface area (Å²) in [4.78, 5) is 4.17. The third kappa shape index (κ3) is 1.56. The molecule has 0 spiro atoms. The molecule has 0 radical (unpaired) electrons. The van der Waals surface area contributed by atoms with Crippen LogP contribution in [0.5, 0.6) is 11.5 Å². The Morgan fingerprint density at radius 3 is 2.82 bits per heavy atom. The Labute approximate surface area is 106 Å². The summed E-state index contributed by atoms with van der Waals surface area (Å²) in [6.45, 7) is 0.271. The van der Waals surface area contributed by atoms with Gasteiger partial charge in [-0.15, -0.1) is 0 Å². The lowest BCUT2D eigenvalue weighted by atomic mass is 10.1. The standard InChI is InChI=1S/C11H10BrN3O2/c1-15-9(10(12)14-11(15)13)6-2-3-7-8(4-6)17-5-16-7/h2-4H,5H2,1H3,(H2,13,14). The first-order chi connectivity index (χ1) is 8.16. The molecule has 0 atom stereocenters. The molecule has 0 bridgehead atoms. The summed E-state index contributed by atoms with van der Waals surface area (Å²) < 4.78 is 13.2. The number of benzene rings is 1. The average molecular weight is 296 g/mol. The second-order valence-corrected chi connectivity index (χ2v) is 4.49. The molecule has 0 saturated heterocycles. The van der Waals surface area contributed by atoms with Gasteiger partial charge in [0.15, 0.2) is 11.5 Å². The Balaban J connectivity index is 2.15. The van der Waals surface area contributed by atoms with Crippen LogP contribution in [0.4, 0.5) is 5.95 Å². The largest absolute Gasteiger partial charge is 0.454 e. The van der Waals surface area contributed by atoms with Crippen molar-refractivity contribution in [1.82, 2.24) is 9.55 Å². The van der Waals surface area contributed by atoms with E-state index in [2.05, 4.69) is 20.9 Å². The van der Waals surface area contributed by atoms with Crippen LogP contribution in [0.15, 0.2) is 22.8 Å².